The van der Waals surface area contributed by atoms with Crippen molar-refractivity contribution in [1.29, 1.82) is 0 Å². The topological polar surface area (TPSA) is 67.4 Å². The summed E-state index contributed by atoms with van der Waals surface area (Å²) in [5, 5.41) is 5.93. The zero-order chi connectivity index (χ0) is 17.2. The Hall–Kier alpha value is -1.30. The molecule has 0 radical (unpaired) electrons. The highest BCUT2D eigenvalue weighted by Crippen LogP contribution is 2.20. The summed E-state index contributed by atoms with van der Waals surface area (Å²) in [6.07, 6.45) is 0.732. The van der Waals surface area contributed by atoms with Crippen molar-refractivity contribution in [1.82, 2.24) is 10.6 Å². The van der Waals surface area contributed by atoms with E-state index >= 15 is 0 Å². The molecule has 0 bridgehead atoms. The largest absolute Gasteiger partial charge is 0.381 e. The van der Waals surface area contributed by atoms with E-state index in [9.17, 15) is 9.59 Å². The van der Waals surface area contributed by atoms with Crippen molar-refractivity contribution in [3.05, 3.63) is 33.8 Å². The van der Waals surface area contributed by atoms with Gasteiger partial charge in [-0.05, 0) is 30.5 Å². The van der Waals surface area contributed by atoms with Crippen molar-refractivity contribution in [2.24, 2.45) is 5.92 Å². The number of nitrogens with one attached hydrogen (secondary N) is 2. The van der Waals surface area contributed by atoms with E-state index in [-0.39, 0.29) is 23.0 Å². The van der Waals surface area contributed by atoms with Crippen molar-refractivity contribution in [2.45, 2.75) is 20.3 Å². The molecule has 0 fully saturated rings. The molecule has 128 valence electrons. The minimum absolute atomic E-state index is 0.107. The number of carbonyl (C=O) groups is 2. The molecule has 23 heavy (non-hydrogen) atoms. The normalized spacial score (nSPS) is 10.7. The molecule has 0 aliphatic heterocycles. The summed E-state index contributed by atoms with van der Waals surface area (Å²) in [5.74, 6) is -0.172. The zero-order valence-corrected chi connectivity index (χ0v) is 14.8. The maximum Gasteiger partial charge on any atom is 0.253 e. The molecule has 0 saturated heterocycles. The van der Waals surface area contributed by atoms with Crippen molar-refractivity contribution >= 4 is 35.0 Å². The number of amides is 2. The van der Waals surface area contributed by atoms with Crippen LogP contribution in [0.25, 0.3) is 0 Å². The molecule has 0 saturated carbocycles. The Morgan fingerprint density at radius 1 is 1.22 bits per heavy atom. The molecule has 7 heteroatoms. The van der Waals surface area contributed by atoms with Gasteiger partial charge in [0.1, 0.15) is 0 Å². The van der Waals surface area contributed by atoms with E-state index in [4.69, 9.17) is 27.9 Å². The van der Waals surface area contributed by atoms with Crippen LogP contribution in [0.4, 0.5) is 0 Å². The first-order chi connectivity index (χ1) is 10.9. The van der Waals surface area contributed by atoms with E-state index < -0.39 is 5.91 Å². The number of carbonyl (C=O) groups excluding carboxylic acids is 2. The van der Waals surface area contributed by atoms with Crippen LogP contribution in [0.5, 0.6) is 0 Å². The molecule has 0 aromatic heterocycles. The average Bonchev–Trinajstić information content (AvgIpc) is 2.48. The van der Waals surface area contributed by atoms with E-state index in [1.165, 1.54) is 12.1 Å². The predicted molar refractivity (Wildman–Crippen MR) is 92.1 cm³/mol. The van der Waals surface area contributed by atoms with Crippen LogP contribution in [-0.2, 0) is 9.53 Å². The van der Waals surface area contributed by atoms with Crippen LogP contribution in [0, 0.1) is 5.92 Å². The fourth-order valence-corrected chi connectivity index (χ4v) is 2.21. The molecular weight excluding hydrogens is 339 g/mol. The lowest BCUT2D eigenvalue weighted by molar-refractivity contribution is -0.120. The van der Waals surface area contributed by atoms with Crippen LogP contribution in [0.2, 0.25) is 10.0 Å². The predicted octanol–water partition coefficient (Wildman–Crippen LogP) is 2.90. The van der Waals surface area contributed by atoms with Crippen LogP contribution < -0.4 is 10.6 Å². The van der Waals surface area contributed by atoms with Crippen LogP contribution in [-0.4, -0.2) is 38.1 Å². The van der Waals surface area contributed by atoms with E-state index in [0.29, 0.717) is 30.7 Å². The Labute approximate surface area is 146 Å². The lowest BCUT2D eigenvalue weighted by atomic mass is 10.2. The highest BCUT2D eigenvalue weighted by atomic mass is 35.5. The molecule has 5 nitrogen and oxygen atoms in total. The average molecular weight is 361 g/mol. The SMILES string of the molecule is CC(C)COCCCNC(=O)CNC(=O)c1ccc(Cl)cc1Cl. The van der Waals surface area contributed by atoms with Gasteiger partial charge in [-0.2, -0.15) is 0 Å². The zero-order valence-electron chi connectivity index (χ0n) is 13.3. The molecule has 0 atom stereocenters. The number of hydrogen-bond acceptors (Lipinski definition) is 3. The Kier molecular flexibility index (Phi) is 8.99. The lowest BCUT2D eigenvalue weighted by Crippen LogP contribution is -2.37. The second-order valence-electron chi connectivity index (χ2n) is 5.48. The van der Waals surface area contributed by atoms with Crippen molar-refractivity contribution in [3.8, 4) is 0 Å². The standard InChI is InChI=1S/C16H22Cl2N2O3/c1-11(2)10-23-7-3-6-19-15(21)9-20-16(22)13-5-4-12(17)8-14(13)18/h4-5,8,11H,3,6-7,9-10H2,1-2H3,(H,19,21)(H,20,22). The molecular formula is C16H22Cl2N2O3. The smallest absolute Gasteiger partial charge is 0.253 e. The summed E-state index contributed by atoms with van der Waals surface area (Å²) in [4.78, 5) is 23.6. The monoisotopic (exact) mass is 360 g/mol. The van der Waals surface area contributed by atoms with Crippen LogP contribution >= 0.6 is 23.2 Å². The van der Waals surface area contributed by atoms with Gasteiger partial charge >= 0.3 is 0 Å². The lowest BCUT2D eigenvalue weighted by Gasteiger charge is -2.09. The minimum atomic E-state index is -0.415. The van der Waals surface area contributed by atoms with Gasteiger partial charge in [-0.15, -0.1) is 0 Å². The Morgan fingerprint density at radius 2 is 1.96 bits per heavy atom. The fourth-order valence-electron chi connectivity index (χ4n) is 1.71. The molecule has 2 amide bonds. The second-order valence-corrected chi connectivity index (χ2v) is 6.32. The number of halogens is 2. The third kappa shape index (κ3) is 8.21. The molecule has 1 aromatic carbocycles. The van der Waals surface area contributed by atoms with Crippen molar-refractivity contribution in [3.63, 3.8) is 0 Å². The second kappa shape index (κ2) is 10.5. The van der Waals surface area contributed by atoms with E-state index in [1.807, 2.05) is 0 Å². The van der Waals surface area contributed by atoms with Crippen molar-refractivity contribution < 1.29 is 14.3 Å². The maximum absolute atomic E-state index is 11.9. The van der Waals surface area contributed by atoms with Gasteiger partial charge in [0.15, 0.2) is 0 Å². The summed E-state index contributed by atoms with van der Waals surface area (Å²) in [7, 11) is 0. The summed E-state index contributed by atoms with van der Waals surface area (Å²) >= 11 is 11.7. The molecule has 0 spiro atoms. The highest BCUT2D eigenvalue weighted by Gasteiger charge is 2.11. The molecule has 2 N–H and O–H groups in total. The Morgan fingerprint density at radius 3 is 2.61 bits per heavy atom. The van der Waals surface area contributed by atoms with Gasteiger partial charge in [0.25, 0.3) is 5.91 Å². The molecule has 0 heterocycles. The fraction of sp³-hybridized carbons (Fsp3) is 0.500. The van der Waals surface area contributed by atoms with Crippen LogP contribution in [0.3, 0.4) is 0 Å². The van der Waals surface area contributed by atoms with Crippen LogP contribution in [0.15, 0.2) is 18.2 Å². The number of ether oxygens (including phenoxy) is 1. The van der Waals surface area contributed by atoms with Gasteiger partial charge in [-0.1, -0.05) is 37.0 Å². The van der Waals surface area contributed by atoms with E-state index in [1.54, 1.807) is 6.07 Å². The van der Waals surface area contributed by atoms with Crippen molar-refractivity contribution in [2.75, 3.05) is 26.3 Å². The Bertz CT molecular complexity index is 536. The molecule has 1 aromatic rings. The molecule has 0 aliphatic rings. The first kappa shape index (κ1) is 19.7. The number of hydrogen-bond donors (Lipinski definition) is 2. The summed E-state index contributed by atoms with van der Waals surface area (Å²) < 4.78 is 5.41. The highest BCUT2D eigenvalue weighted by molar-refractivity contribution is 6.36. The summed E-state index contributed by atoms with van der Waals surface area (Å²) in [6.45, 7) is 5.88. The van der Waals surface area contributed by atoms with Gasteiger partial charge < -0.3 is 15.4 Å². The number of rotatable bonds is 9. The Balaban J connectivity index is 2.21. The van der Waals surface area contributed by atoms with E-state index in [2.05, 4.69) is 24.5 Å². The number of benzene rings is 1. The van der Waals surface area contributed by atoms with Crippen LogP contribution in [0.1, 0.15) is 30.6 Å². The minimum Gasteiger partial charge on any atom is -0.381 e. The molecule has 0 aliphatic carbocycles. The maximum atomic E-state index is 11.9. The molecule has 1 rings (SSSR count). The first-order valence-corrected chi connectivity index (χ1v) is 8.23. The quantitative estimate of drug-likeness (QED) is 0.665. The third-order valence-electron chi connectivity index (χ3n) is 2.82. The van der Waals surface area contributed by atoms with Gasteiger partial charge in [-0.25, -0.2) is 0 Å². The van der Waals surface area contributed by atoms with E-state index in [0.717, 1.165) is 6.42 Å². The van der Waals surface area contributed by atoms with Gasteiger partial charge in [-0.3, -0.25) is 9.59 Å². The van der Waals surface area contributed by atoms with Gasteiger partial charge in [0.05, 0.1) is 17.1 Å². The van der Waals surface area contributed by atoms with Gasteiger partial charge in [0.2, 0.25) is 5.91 Å². The third-order valence-corrected chi connectivity index (χ3v) is 3.37. The first-order valence-electron chi connectivity index (χ1n) is 7.48. The van der Waals surface area contributed by atoms with Gasteiger partial charge in [0, 0.05) is 24.8 Å². The molecule has 0 unspecified atom stereocenters. The summed E-state index contributed by atoms with van der Waals surface area (Å²) in [5.41, 5.74) is 0.283. The summed E-state index contributed by atoms with van der Waals surface area (Å²) in [6, 6.07) is 4.57.